The molecule has 2 aromatic rings. The number of benzene rings is 2. The van der Waals surface area contributed by atoms with Gasteiger partial charge in [-0.15, -0.1) is 0 Å². The molecule has 0 aliphatic heterocycles. The van der Waals surface area contributed by atoms with Crippen molar-refractivity contribution in [2.75, 3.05) is 14.2 Å². The summed E-state index contributed by atoms with van der Waals surface area (Å²) in [5.74, 6) is 1.17. The minimum absolute atomic E-state index is 0.551. The van der Waals surface area contributed by atoms with Gasteiger partial charge in [0.2, 0.25) is 0 Å². The van der Waals surface area contributed by atoms with Gasteiger partial charge in [-0.25, -0.2) is 0 Å². The van der Waals surface area contributed by atoms with Crippen LogP contribution < -0.4 is 15.2 Å². The molecule has 0 bridgehead atoms. The predicted octanol–water partition coefficient (Wildman–Crippen LogP) is 2.29. The van der Waals surface area contributed by atoms with Crippen LogP contribution in [-0.4, -0.2) is 25.4 Å². The molecule has 0 saturated carbocycles. The Kier molecular flexibility index (Phi) is 4.50. The lowest BCUT2D eigenvalue weighted by Crippen LogP contribution is -2.44. The Morgan fingerprint density at radius 2 is 1.29 bits per heavy atom. The van der Waals surface area contributed by atoms with E-state index in [4.69, 9.17) is 15.2 Å². The van der Waals surface area contributed by atoms with Crippen molar-refractivity contribution in [1.82, 2.24) is 0 Å². The number of para-hydroxylation sites is 2. The van der Waals surface area contributed by atoms with Crippen LogP contribution >= 0.6 is 0 Å². The number of hydrogen-bond donors (Lipinski definition) is 2. The minimum atomic E-state index is -1.40. The van der Waals surface area contributed by atoms with Crippen molar-refractivity contribution in [1.29, 1.82) is 0 Å². The molecule has 4 nitrogen and oxygen atoms in total. The summed E-state index contributed by atoms with van der Waals surface area (Å²) < 4.78 is 10.8. The molecular weight excluding hydrogens is 266 g/mol. The monoisotopic (exact) mass is 287 g/mol. The molecule has 0 aliphatic carbocycles. The van der Waals surface area contributed by atoms with Gasteiger partial charge in [-0.05, 0) is 19.1 Å². The first kappa shape index (κ1) is 15.4. The highest BCUT2D eigenvalue weighted by molar-refractivity contribution is 5.50. The number of ether oxygens (including phenoxy) is 2. The summed E-state index contributed by atoms with van der Waals surface area (Å²) in [7, 11) is 3.14. The largest absolute Gasteiger partial charge is 0.496 e. The second kappa shape index (κ2) is 6.16. The van der Waals surface area contributed by atoms with Crippen molar-refractivity contribution < 1.29 is 14.6 Å². The van der Waals surface area contributed by atoms with Crippen LogP contribution in [-0.2, 0) is 5.60 Å². The molecule has 4 heteroatoms. The molecule has 0 radical (unpaired) electrons. The van der Waals surface area contributed by atoms with Crippen LogP contribution in [0.5, 0.6) is 11.5 Å². The normalized spacial score (nSPS) is 12.8. The van der Waals surface area contributed by atoms with Gasteiger partial charge in [-0.1, -0.05) is 36.4 Å². The Labute approximate surface area is 125 Å². The summed E-state index contributed by atoms with van der Waals surface area (Å²) in [6, 6.07) is 14.1. The highest BCUT2D eigenvalue weighted by Crippen LogP contribution is 2.41. The van der Waals surface area contributed by atoms with Crippen LogP contribution in [0.1, 0.15) is 18.1 Å². The maximum absolute atomic E-state index is 11.4. The average Bonchev–Trinajstić information content (AvgIpc) is 2.53. The SMILES string of the molecule is COc1ccccc1C(O)(c1ccccc1OC)[C@@H](C)N. The van der Waals surface area contributed by atoms with Crippen molar-refractivity contribution in [3.05, 3.63) is 59.7 Å². The van der Waals surface area contributed by atoms with Gasteiger partial charge in [0, 0.05) is 17.2 Å². The van der Waals surface area contributed by atoms with Gasteiger partial charge in [0.1, 0.15) is 17.1 Å². The topological polar surface area (TPSA) is 64.7 Å². The summed E-state index contributed by atoms with van der Waals surface area (Å²) in [4.78, 5) is 0. The maximum Gasteiger partial charge on any atom is 0.136 e. The maximum atomic E-state index is 11.4. The molecule has 0 spiro atoms. The zero-order valence-corrected chi connectivity index (χ0v) is 12.5. The van der Waals surface area contributed by atoms with Gasteiger partial charge in [-0.3, -0.25) is 0 Å². The fraction of sp³-hybridized carbons (Fsp3) is 0.294. The van der Waals surface area contributed by atoms with Crippen molar-refractivity contribution in [3.63, 3.8) is 0 Å². The molecule has 0 aromatic heterocycles. The molecule has 0 fully saturated rings. The molecule has 0 aliphatic rings. The van der Waals surface area contributed by atoms with Crippen LogP contribution in [0.3, 0.4) is 0 Å². The molecule has 2 aromatic carbocycles. The number of hydrogen-bond acceptors (Lipinski definition) is 4. The third-order valence-corrected chi connectivity index (χ3v) is 3.69. The van der Waals surface area contributed by atoms with E-state index >= 15 is 0 Å². The van der Waals surface area contributed by atoms with Crippen LogP contribution in [0.15, 0.2) is 48.5 Å². The van der Waals surface area contributed by atoms with E-state index in [9.17, 15) is 5.11 Å². The highest BCUT2D eigenvalue weighted by atomic mass is 16.5. The van der Waals surface area contributed by atoms with Crippen LogP contribution in [0, 0.1) is 0 Å². The van der Waals surface area contributed by atoms with Crippen LogP contribution in [0.2, 0.25) is 0 Å². The summed E-state index contributed by atoms with van der Waals surface area (Å²) in [6.07, 6.45) is 0. The average molecular weight is 287 g/mol. The van der Waals surface area contributed by atoms with Crippen molar-refractivity contribution in [2.24, 2.45) is 5.73 Å². The van der Waals surface area contributed by atoms with E-state index in [1.54, 1.807) is 33.3 Å². The Morgan fingerprint density at radius 3 is 1.62 bits per heavy atom. The number of nitrogens with two attached hydrogens (primary N) is 1. The van der Waals surface area contributed by atoms with E-state index in [2.05, 4.69) is 0 Å². The molecule has 0 saturated heterocycles. The third kappa shape index (κ3) is 2.60. The lowest BCUT2D eigenvalue weighted by Gasteiger charge is -2.35. The highest BCUT2D eigenvalue weighted by Gasteiger charge is 2.40. The first-order valence-corrected chi connectivity index (χ1v) is 6.80. The zero-order chi connectivity index (χ0) is 15.5. The van der Waals surface area contributed by atoms with Crippen molar-refractivity contribution in [2.45, 2.75) is 18.6 Å². The number of methoxy groups -OCH3 is 2. The smallest absolute Gasteiger partial charge is 0.136 e. The fourth-order valence-corrected chi connectivity index (χ4v) is 2.55. The van der Waals surface area contributed by atoms with Crippen molar-refractivity contribution in [3.8, 4) is 11.5 Å². The Hall–Kier alpha value is -2.04. The van der Waals surface area contributed by atoms with Crippen molar-refractivity contribution >= 4 is 0 Å². The zero-order valence-electron chi connectivity index (χ0n) is 12.5. The molecule has 3 N–H and O–H groups in total. The second-order valence-corrected chi connectivity index (χ2v) is 4.96. The summed E-state index contributed by atoms with van der Waals surface area (Å²) in [5, 5.41) is 11.4. The summed E-state index contributed by atoms with van der Waals surface area (Å²) in [6.45, 7) is 1.76. The second-order valence-electron chi connectivity index (χ2n) is 4.96. The third-order valence-electron chi connectivity index (χ3n) is 3.69. The van der Waals surface area contributed by atoms with E-state index in [0.717, 1.165) is 0 Å². The first-order chi connectivity index (χ1) is 10.1. The fourth-order valence-electron chi connectivity index (χ4n) is 2.55. The lowest BCUT2D eigenvalue weighted by molar-refractivity contribution is 0.0527. The molecular formula is C17H21NO3. The summed E-state index contributed by atoms with van der Waals surface area (Å²) in [5.41, 5.74) is 5.95. The Morgan fingerprint density at radius 1 is 0.905 bits per heavy atom. The standard InChI is InChI=1S/C17H21NO3/c1-12(18)17(19,13-8-4-6-10-15(13)20-2)14-9-5-7-11-16(14)21-3/h4-12,19H,18H2,1-3H3/t12-/m1/s1. The molecule has 0 amide bonds. The predicted molar refractivity (Wildman–Crippen MR) is 82.6 cm³/mol. The molecule has 21 heavy (non-hydrogen) atoms. The van der Waals surface area contributed by atoms with E-state index in [-0.39, 0.29) is 0 Å². The Balaban J connectivity index is 2.71. The van der Waals surface area contributed by atoms with Gasteiger partial charge in [-0.2, -0.15) is 0 Å². The van der Waals surface area contributed by atoms with Gasteiger partial charge in [0.25, 0.3) is 0 Å². The lowest BCUT2D eigenvalue weighted by atomic mass is 9.80. The number of rotatable bonds is 5. The van der Waals surface area contributed by atoms with Gasteiger partial charge < -0.3 is 20.3 Å². The van der Waals surface area contributed by atoms with E-state index < -0.39 is 11.6 Å². The molecule has 0 heterocycles. The molecule has 2 rings (SSSR count). The van der Waals surface area contributed by atoms with Gasteiger partial charge >= 0.3 is 0 Å². The quantitative estimate of drug-likeness (QED) is 0.885. The summed E-state index contributed by atoms with van der Waals surface area (Å²) >= 11 is 0. The number of aliphatic hydroxyl groups is 1. The molecule has 112 valence electrons. The Bertz CT molecular complexity index is 563. The van der Waals surface area contributed by atoms with E-state index in [0.29, 0.717) is 22.6 Å². The van der Waals surface area contributed by atoms with Gasteiger partial charge in [0.15, 0.2) is 0 Å². The molecule has 0 unspecified atom stereocenters. The van der Waals surface area contributed by atoms with E-state index in [1.807, 2.05) is 36.4 Å². The first-order valence-electron chi connectivity index (χ1n) is 6.80. The van der Waals surface area contributed by atoms with Crippen LogP contribution in [0.25, 0.3) is 0 Å². The van der Waals surface area contributed by atoms with Gasteiger partial charge in [0.05, 0.1) is 14.2 Å². The minimum Gasteiger partial charge on any atom is -0.496 e. The van der Waals surface area contributed by atoms with E-state index in [1.165, 1.54) is 0 Å². The molecule has 1 atom stereocenters. The van der Waals surface area contributed by atoms with Crippen LogP contribution in [0.4, 0.5) is 0 Å².